The molecule has 0 amide bonds. The molecule has 120 valence electrons. The Hall–Kier alpha value is -2.42. The number of carbonyl (C=O) groups is 1. The van der Waals surface area contributed by atoms with Crippen molar-refractivity contribution in [2.24, 2.45) is 0 Å². The van der Waals surface area contributed by atoms with E-state index in [1.165, 1.54) is 30.3 Å². The van der Waals surface area contributed by atoms with Gasteiger partial charge in [0.25, 0.3) is 0 Å². The Labute approximate surface area is 142 Å². The molecule has 0 aromatic heterocycles. The number of aliphatic carboxylic acids is 1. The van der Waals surface area contributed by atoms with Crippen LogP contribution in [-0.4, -0.2) is 17.7 Å². The number of anilines is 1. The van der Waals surface area contributed by atoms with Gasteiger partial charge in [-0.3, -0.25) is 0 Å². The first kappa shape index (κ1) is 18.6. The van der Waals surface area contributed by atoms with Crippen molar-refractivity contribution in [3.63, 3.8) is 0 Å². The summed E-state index contributed by atoms with van der Waals surface area (Å²) >= 11 is 11.3. The number of ether oxygens (including phenoxy) is 1. The minimum Gasteiger partial charge on any atom is -0.480 e. The van der Waals surface area contributed by atoms with Crippen LogP contribution in [0.4, 0.5) is 10.1 Å². The van der Waals surface area contributed by atoms with Crippen molar-refractivity contribution in [1.82, 2.24) is 0 Å². The summed E-state index contributed by atoms with van der Waals surface area (Å²) in [6, 6.07) is 8.73. The molecule has 0 aliphatic carbocycles. The minimum atomic E-state index is -1.05. The van der Waals surface area contributed by atoms with E-state index in [1.54, 1.807) is 6.07 Å². The second-order valence-electron chi connectivity index (χ2n) is 4.14. The number of nitrogens with two attached hydrogens (primary N) is 1. The first-order valence-corrected chi connectivity index (χ1v) is 6.90. The quantitative estimate of drug-likeness (QED) is 0.647. The predicted molar refractivity (Wildman–Crippen MR) is 88.3 cm³/mol. The van der Waals surface area contributed by atoms with E-state index in [0.717, 1.165) is 0 Å². The molecule has 0 bridgehead atoms. The number of terminal acetylenes is 1. The van der Waals surface area contributed by atoms with Crippen LogP contribution in [0.25, 0.3) is 0 Å². The van der Waals surface area contributed by atoms with Crippen molar-refractivity contribution >= 4 is 34.9 Å². The van der Waals surface area contributed by atoms with Crippen molar-refractivity contribution in [3.05, 3.63) is 57.8 Å². The summed E-state index contributed by atoms with van der Waals surface area (Å²) in [6.07, 6.45) is 4.97. The smallest absolute Gasteiger partial charge is 0.341 e. The molecule has 7 heteroatoms. The molecule has 0 aliphatic heterocycles. The number of hydrogen-bond donors (Lipinski definition) is 2. The average Bonchev–Trinajstić information content (AvgIpc) is 2.49. The molecule has 0 saturated carbocycles. The number of hydrogen-bond acceptors (Lipinski definition) is 3. The third-order valence-corrected chi connectivity index (χ3v) is 2.92. The second kappa shape index (κ2) is 8.89. The molecule has 0 saturated heterocycles. The zero-order valence-corrected chi connectivity index (χ0v) is 13.2. The summed E-state index contributed by atoms with van der Waals surface area (Å²) in [5.74, 6) is 1.04. The number of halogens is 3. The summed E-state index contributed by atoms with van der Waals surface area (Å²) < 4.78 is 17.4. The van der Waals surface area contributed by atoms with Gasteiger partial charge in [-0.2, -0.15) is 0 Å². The van der Waals surface area contributed by atoms with Crippen molar-refractivity contribution in [1.29, 1.82) is 0 Å². The van der Waals surface area contributed by atoms with Gasteiger partial charge in [-0.05, 0) is 36.4 Å². The highest BCUT2D eigenvalue weighted by molar-refractivity contribution is 6.35. The maximum Gasteiger partial charge on any atom is 0.341 e. The molecule has 0 radical (unpaired) electrons. The van der Waals surface area contributed by atoms with E-state index >= 15 is 0 Å². The molecule has 0 aliphatic rings. The van der Waals surface area contributed by atoms with Crippen LogP contribution in [0.15, 0.2) is 36.4 Å². The lowest BCUT2D eigenvalue weighted by atomic mass is 10.2. The van der Waals surface area contributed by atoms with Crippen molar-refractivity contribution in [2.45, 2.75) is 0 Å². The first-order chi connectivity index (χ1) is 10.8. The van der Waals surface area contributed by atoms with Crippen LogP contribution in [0.3, 0.4) is 0 Å². The van der Waals surface area contributed by atoms with E-state index in [1.807, 2.05) is 0 Å². The summed E-state index contributed by atoms with van der Waals surface area (Å²) in [7, 11) is 0. The van der Waals surface area contributed by atoms with Gasteiger partial charge in [-0.25, -0.2) is 9.18 Å². The molecule has 0 spiro atoms. The van der Waals surface area contributed by atoms with E-state index in [-0.39, 0.29) is 5.56 Å². The minimum absolute atomic E-state index is 0.208. The molecule has 0 fully saturated rings. The molecule has 23 heavy (non-hydrogen) atoms. The molecule has 2 aromatic carbocycles. The number of nitrogen functional groups attached to an aromatic ring is 1. The number of carboxylic acids is 1. The van der Waals surface area contributed by atoms with Gasteiger partial charge in [0.05, 0.1) is 10.6 Å². The molecular formula is C16H12Cl2FNO3. The third kappa shape index (κ3) is 6.47. The van der Waals surface area contributed by atoms with E-state index in [4.69, 9.17) is 45.2 Å². The summed E-state index contributed by atoms with van der Waals surface area (Å²) in [5, 5.41) is 9.11. The molecule has 3 N–H and O–H groups in total. The third-order valence-electron chi connectivity index (χ3n) is 2.39. The standard InChI is InChI=1S/C8H6Cl2O3.C8H6FN/c9-5-1-2-7(6(10)3-5)13-4-8(11)12;1-2-6-5-7(10)3-4-8(6)9/h1-3H,4H2,(H,11,12);1,3-5H,10H2. The van der Waals surface area contributed by atoms with E-state index in [2.05, 4.69) is 5.92 Å². The highest BCUT2D eigenvalue weighted by atomic mass is 35.5. The van der Waals surface area contributed by atoms with Gasteiger partial charge in [-0.1, -0.05) is 29.1 Å². The zero-order valence-electron chi connectivity index (χ0n) is 11.7. The van der Waals surface area contributed by atoms with Gasteiger partial charge in [0, 0.05) is 10.7 Å². The van der Waals surface area contributed by atoms with Crippen LogP contribution >= 0.6 is 23.2 Å². The maximum absolute atomic E-state index is 12.6. The molecule has 0 unspecified atom stereocenters. The monoisotopic (exact) mass is 355 g/mol. The molecular weight excluding hydrogens is 344 g/mol. The summed E-state index contributed by atoms with van der Waals surface area (Å²) in [5.41, 5.74) is 6.03. The predicted octanol–water partition coefficient (Wildman–Crippen LogP) is 3.85. The molecule has 2 aromatic rings. The van der Waals surface area contributed by atoms with Crippen LogP contribution in [-0.2, 0) is 4.79 Å². The van der Waals surface area contributed by atoms with Crippen LogP contribution in [0.2, 0.25) is 10.0 Å². The van der Waals surface area contributed by atoms with Gasteiger partial charge in [-0.15, -0.1) is 6.42 Å². The van der Waals surface area contributed by atoms with E-state index < -0.39 is 18.4 Å². The maximum atomic E-state index is 12.6. The zero-order chi connectivity index (χ0) is 17.4. The Morgan fingerprint density at radius 2 is 2.00 bits per heavy atom. The van der Waals surface area contributed by atoms with E-state index in [9.17, 15) is 9.18 Å². The normalized spacial score (nSPS) is 9.30. The Kier molecular flexibility index (Phi) is 7.20. The molecule has 0 atom stereocenters. The average molecular weight is 356 g/mol. The number of benzene rings is 2. The Morgan fingerprint density at radius 3 is 2.52 bits per heavy atom. The molecule has 2 rings (SSSR count). The largest absolute Gasteiger partial charge is 0.480 e. The number of carboxylic acid groups (broad SMARTS) is 1. The van der Waals surface area contributed by atoms with Crippen molar-refractivity contribution in [3.8, 4) is 18.1 Å². The lowest BCUT2D eigenvalue weighted by Gasteiger charge is -2.04. The topological polar surface area (TPSA) is 72.6 Å². The van der Waals surface area contributed by atoms with Crippen LogP contribution in [0.1, 0.15) is 5.56 Å². The van der Waals surface area contributed by atoms with Crippen molar-refractivity contribution < 1.29 is 19.0 Å². The van der Waals surface area contributed by atoms with Crippen molar-refractivity contribution in [2.75, 3.05) is 12.3 Å². The van der Waals surface area contributed by atoms with Crippen LogP contribution in [0, 0.1) is 18.2 Å². The first-order valence-electron chi connectivity index (χ1n) is 6.14. The Morgan fingerprint density at radius 1 is 1.30 bits per heavy atom. The van der Waals surface area contributed by atoms with E-state index in [0.29, 0.717) is 21.5 Å². The lowest BCUT2D eigenvalue weighted by molar-refractivity contribution is -0.139. The Bertz CT molecular complexity index is 745. The van der Waals surface area contributed by atoms with Crippen LogP contribution in [0.5, 0.6) is 5.75 Å². The summed E-state index contributed by atoms with van der Waals surface area (Å²) in [6.45, 7) is -0.415. The number of rotatable bonds is 3. The van der Waals surface area contributed by atoms with Gasteiger partial charge >= 0.3 is 5.97 Å². The fraction of sp³-hybridized carbons (Fsp3) is 0.0625. The fourth-order valence-electron chi connectivity index (χ4n) is 1.39. The highest BCUT2D eigenvalue weighted by Gasteiger charge is 2.04. The van der Waals surface area contributed by atoms with Crippen LogP contribution < -0.4 is 10.5 Å². The second-order valence-corrected chi connectivity index (χ2v) is 4.98. The van der Waals surface area contributed by atoms with Gasteiger partial charge in [0.1, 0.15) is 11.6 Å². The molecule has 4 nitrogen and oxygen atoms in total. The van der Waals surface area contributed by atoms with Gasteiger partial charge in [0.15, 0.2) is 6.61 Å². The SMILES string of the molecule is C#Cc1cc(N)ccc1F.O=C(O)COc1ccc(Cl)cc1Cl. The Balaban J connectivity index is 0.000000238. The van der Waals surface area contributed by atoms with Gasteiger partial charge in [0.2, 0.25) is 0 Å². The highest BCUT2D eigenvalue weighted by Crippen LogP contribution is 2.27. The summed E-state index contributed by atoms with van der Waals surface area (Å²) in [4.78, 5) is 10.2. The fourth-order valence-corrected chi connectivity index (χ4v) is 1.85. The lowest BCUT2D eigenvalue weighted by Crippen LogP contribution is -2.09. The van der Waals surface area contributed by atoms with Gasteiger partial charge < -0.3 is 15.6 Å². The molecule has 0 heterocycles.